The molecule has 2 N–H and O–H groups in total. The number of benzene rings is 2. The van der Waals surface area contributed by atoms with Gasteiger partial charge in [0.15, 0.2) is 0 Å². The van der Waals surface area contributed by atoms with Crippen molar-refractivity contribution in [2.45, 2.75) is 38.1 Å². The highest BCUT2D eigenvalue weighted by Crippen LogP contribution is 2.51. The molecule has 4 atom stereocenters. The van der Waals surface area contributed by atoms with Crippen molar-refractivity contribution in [3.63, 3.8) is 0 Å². The van der Waals surface area contributed by atoms with Gasteiger partial charge in [-0.25, -0.2) is 4.79 Å². The Balaban J connectivity index is 1.15. The van der Waals surface area contributed by atoms with Gasteiger partial charge in [0.2, 0.25) is 5.91 Å². The van der Waals surface area contributed by atoms with Crippen molar-refractivity contribution >= 4 is 18.0 Å². The van der Waals surface area contributed by atoms with Crippen molar-refractivity contribution in [2.75, 3.05) is 19.7 Å². The van der Waals surface area contributed by atoms with Crippen LogP contribution in [-0.4, -0.2) is 53.7 Å². The zero-order chi connectivity index (χ0) is 23.8. The molecule has 2 aromatic carbocycles. The summed E-state index contributed by atoms with van der Waals surface area (Å²) in [6.07, 6.45) is 1.02. The zero-order valence-corrected chi connectivity index (χ0v) is 19.3. The summed E-state index contributed by atoms with van der Waals surface area (Å²) < 4.78 is 5.62. The molecule has 7 nitrogen and oxygen atoms in total. The third-order valence-corrected chi connectivity index (χ3v) is 7.71. The van der Waals surface area contributed by atoms with Gasteiger partial charge in [0.25, 0.3) is 0 Å². The molecule has 1 unspecified atom stereocenters. The van der Waals surface area contributed by atoms with Gasteiger partial charge in [-0.2, -0.15) is 0 Å². The Morgan fingerprint density at radius 2 is 1.71 bits per heavy atom. The van der Waals surface area contributed by atoms with Crippen LogP contribution in [0.15, 0.2) is 48.5 Å². The number of carboxylic acid groups (broad SMARTS) is 1. The SMILES string of the molecule is CC[C@@H](CC(=O)N1CC[C@H]2C(C(=O)O)[C@H]2C1)NC(=O)OCC1c2ccccc2-c2ccccc21. The summed E-state index contributed by atoms with van der Waals surface area (Å²) >= 11 is 0. The molecule has 2 aliphatic carbocycles. The number of nitrogens with one attached hydrogen (secondary N) is 1. The van der Waals surface area contributed by atoms with Crippen LogP contribution in [0.4, 0.5) is 4.79 Å². The van der Waals surface area contributed by atoms with E-state index >= 15 is 0 Å². The fraction of sp³-hybridized carbons (Fsp3) is 0.444. The molecule has 1 aliphatic heterocycles. The zero-order valence-electron chi connectivity index (χ0n) is 19.3. The van der Waals surface area contributed by atoms with Crippen molar-refractivity contribution in [3.05, 3.63) is 59.7 Å². The topological polar surface area (TPSA) is 95.9 Å². The Morgan fingerprint density at radius 1 is 1.06 bits per heavy atom. The maximum absolute atomic E-state index is 12.8. The van der Waals surface area contributed by atoms with E-state index < -0.39 is 12.1 Å². The molecule has 3 aliphatic rings. The number of carboxylic acids is 1. The van der Waals surface area contributed by atoms with Gasteiger partial charge in [0.1, 0.15) is 6.61 Å². The van der Waals surface area contributed by atoms with Gasteiger partial charge in [-0.15, -0.1) is 0 Å². The number of likely N-dealkylation sites (tertiary alicyclic amines) is 1. The van der Waals surface area contributed by atoms with E-state index in [2.05, 4.69) is 29.6 Å². The third kappa shape index (κ3) is 4.15. The van der Waals surface area contributed by atoms with E-state index in [1.54, 1.807) is 4.90 Å². The molecule has 1 saturated heterocycles. The van der Waals surface area contributed by atoms with E-state index in [4.69, 9.17) is 4.74 Å². The fourth-order valence-corrected chi connectivity index (χ4v) is 5.78. The number of amides is 2. The van der Waals surface area contributed by atoms with E-state index in [0.29, 0.717) is 19.5 Å². The number of fused-ring (bicyclic) bond motifs is 4. The Labute approximate surface area is 199 Å². The van der Waals surface area contributed by atoms with Gasteiger partial charge < -0.3 is 20.1 Å². The molecule has 1 heterocycles. The molecule has 178 valence electrons. The highest BCUT2D eigenvalue weighted by atomic mass is 16.5. The third-order valence-electron chi connectivity index (χ3n) is 7.71. The molecule has 0 spiro atoms. The molecule has 0 bridgehead atoms. The first kappa shape index (κ1) is 22.4. The summed E-state index contributed by atoms with van der Waals surface area (Å²) in [5.41, 5.74) is 4.66. The molecule has 5 rings (SSSR count). The van der Waals surface area contributed by atoms with Gasteiger partial charge in [0, 0.05) is 31.5 Å². The Bertz CT molecular complexity index is 1070. The smallest absolute Gasteiger partial charge is 0.407 e. The van der Waals surface area contributed by atoms with E-state index in [0.717, 1.165) is 17.5 Å². The van der Waals surface area contributed by atoms with E-state index in [1.807, 2.05) is 31.2 Å². The molecule has 1 saturated carbocycles. The molecule has 7 heteroatoms. The van der Waals surface area contributed by atoms with Crippen molar-refractivity contribution < 1.29 is 24.2 Å². The molecule has 34 heavy (non-hydrogen) atoms. The van der Waals surface area contributed by atoms with Crippen LogP contribution >= 0.6 is 0 Å². The predicted molar refractivity (Wildman–Crippen MR) is 126 cm³/mol. The van der Waals surface area contributed by atoms with Crippen LogP contribution in [-0.2, 0) is 14.3 Å². The lowest BCUT2D eigenvalue weighted by Crippen LogP contribution is -2.43. The highest BCUT2D eigenvalue weighted by molar-refractivity contribution is 5.80. The van der Waals surface area contributed by atoms with Crippen LogP contribution in [0.1, 0.15) is 43.2 Å². The molecule has 2 fully saturated rings. The fourth-order valence-electron chi connectivity index (χ4n) is 5.78. The summed E-state index contributed by atoms with van der Waals surface area (Å²) in [5.74, 6) is -0.832. The standard InChI is InChI=1S/C27H30N2O5/c1-2-16(13-24(30)29-12-11-21-22(14-29)25(21)26(31)32)28-27(33)34-15-23-19-9-5-3-7-17(19)18-8-4-6-10-20(18)23/h3-10,16,21-23,25H,2,11-15H2,1H3,(H,28,33)(H,31,32)/t16-,21+,22-,25?/m0/s1. The van der Waals surface area contributed by atoms with Gasteiger partial charge in [-0.3, -0.25) is 9.59 Å². The Kier molecular flexibility index (Phi) is 6.02. The largest absolute Gasteiger partial charge is 0.481 e. The minimum atomic E-state index is -0.757. The van der Waals surface area contributed by atoms with Crippen molar-refractivity contribution in [1.82, 2.24) is 10.2 Å². The molecule has 2 amide bonds. The number of nitrogens with zero attached hydrogens (tertiary/aromatic N) is 1. The average molecular weight is 463 g/mol. The first-order chi connectivity index (χ1) is 16.5. The van der Waals surface area contributed by atoms with Crippen LogP contribution < -0.4 is 5.32 Å². The van der Waals surface area contributed by atoms with Crippen molar-refractivity contribution in [1.29, 1.82) is 0 Å². The highest BCUT2D eigenvalue weighted by Gasteiger charge is 2.57. The lowest BCUT2D eigenvalue weighted by atomic mass is 9.98. The molecular weight excluding hydrogens is 432 g/mol. The lowest BCUT2D eigenvalue weighted by molar-refractivity contribution is -0.139. The molecular formula is C27H30N2O5. The minimum Gasteiger partial charge on any atom is -0.481 e. The quantitative estimate of drug-likeness (QED) is 0.651. The van der Waals surface area contributed by atoms with E-state index in [-0.39, 0.29) is 48.6 Å². The van der Waals surface area contributed by atoms with E-state index in [1.165, 1.54) is 11.1 Å². The summed E-state index contributed by atoms with van der Waals surface area (Å²) in [6, 6.07) is 16.0. The first-order valence-electron chi connectivity index (χ1n) is 12.1. The van der Waals surface area contributed by atoms with Crippen LogP contribution in [0.3, 0.4) is 0 Å². The minimum absolute atomic E-state index is 0.0122. The molecule has 2 aromatic rings. The summed E-state index contributed by atoms with van der Waals surface area (Å²) in [5, 5.41) is 12.1. The summed E-state index contributed by atoms with van der Waals surface area (Å²) in [4.78, 5) is 38.5. The van der Waals surface area contributed by atoms with Crippen LogP contribution in [0, 0.1) is 17.8 Å². The molecule has 0 radical (unpaired) electrons. The van der Waals surface area contributed by atoms with E-state index in [9.17, 15) is 19.5 Å². The number of aliphatic carboxylic acids is 1. The number of carbonyl (C=O) groups is 3. The predicted octanol–water partition coefficient (Wildman–Crippen LogP) is 3.87. The lowest BCUT2D eigenvalue weighted by Gasteiger charge is -2.28. The number of alkyl carbamates (subject to hydrolysis) is 1. The summed E-state index contributed by atoms with van der Waals surface area (Å²) in [7, 11) is 0. The van der Waals surface area contributed by atoms with Crippen molar-refractivity contribution in [2.24, 2.45) is 17.8 Å². The Morgan fingerprint density at radius 3 is 2.32 bits per heavy atom. The number of carbonyl (C=O) groups excluding carboxylic acids is 2. The second kappa shape index (κ2) is 9.12. The summed E-state index contributed by atoms with van der Waals surface area (Å²) in [6.45, 7) is 3.25. The maximum Gasteiger partial charge on any atom is 0.407 e. The monoisotopic (exact) mass is 462 g/mol. The number of hydrogen-bond donors (Lipinski definition) is 2. The van der Waals surface area contributed by atoms with Gasteiger partial charge in [0.05, 0.1) is 5.92 Å². The second-order valence-electron chi connectivity index (χ2n) is 9.60. The first-order valence-corrected chi connectivity index (χ1v) is 12.1. The average Bonchev–Trinajstić information content (AvgIpc) is 3.49. The van der Waals surface area contributed by atoms with Crippen LogP contribution in [0.5, 0.6) is 0 Å². The van der Waals surface area contributed by atoms with Crippen molar-refractivity contribution in [3.8, 4) is 11.1 Å². The van der Waals surface area contributed by atoms with Gasteiger partial charge in [-0.1, -0.05) is 55.5 Å². The van der Waals surface area contributed by atoms with Crippen LogP contribution in [0.25, 0.3) is 11.1 Å². The second-order valence-corrected chi connectivity index (χ2v) is 9.60. The van der Waals surface area contributed by atoms with Gasteiger partial charge >= 0.3 is 12.1 Å². The van der Waals surface area contributed by atoms with Gasteiger partial charge in [-0.05, 0) is 46.9 Å². The normalized spacial score (nSPS) is 23.3. The number of rotatable bonds is 7. The number of ether oxygens (including phenoxy) is 1. The number of piperidine rings is 1. The maximum atomic E-state index is 12.8. The van der Waals surface area contributed by atoms with Crippen LogP contribution in [0.2, 0.25) is 0 Å². The number of hydrogen-bond acceptors (Lipinski definition) is 4. The molecule has 0 aromatic heterocycles. The Hall–Kier alpha value is -3.35.